The number of nitrogens with zero attached hydrogens (tertiary/aromatic N) is 1. The summed E-state index contributed by atoms with van der Waals surface area (Å²) in [5, 5.41) is 2.95. The van der Waals surface area contributed by atoms with E-state index in [0.29, 0.717) is 12.2 Å². The average Bonchev–Trinajstić information content (AvgIpc) is 3.20. The van der Waals surface area contributed by atoms with Gasteiger partial charge in [0.25, 0.3) is 0 Å². The summed E-state index contributed by atoms with van der Waals surface area (Å²) in [5.74, 6) is 2.33. The molecule has 0 aliphatic carbocycles. The number of hydrogen-bond acceptors (Lipinski definition) is 5. The summed E-state index contributed by atoms with van der Waals surface area (Å²) >= 11 is 0. The first-order valence-corrected chi connectivity index (χ1v) is 9.64. The van der Waals surface area contributed by atoms with Gasteiger partial charge in [-0.05, 0) is 24.3 Å². The van der Waals surface area contributed by atoms with Gasteiger partial charge in [-0.2, -0.15) is 0 Å². The van der Waals surface area contributed by atoms with Crippen molar-refractivity contribution in [2.24, 2.45) is 0 Å². The van der Waals surface area contributed by atoms with Crippen LogP contribution in [0.25, 0.3) is 0 Å². The lowest BCUT2D eigenvalue weighted by Gasteiger charge is -2.34. The molecular formula is C21H26N3O4+. The Balaban J connectivity index is 1.23. The molecule has 1 saturated heterocycles. The molecule has 4 rings (SSSR count). The first-order chi connectivity index (χ1) is 13.7. The van der Waals surface area contributed by atoms with Crippen LogP contribution >= 0.6 is 0 Å². The van der Waals surface area contributed by atoms with Crippen LogP contribution in [-0.2, 0) is 4.79 Å². The molecule has 2 aromatic rings. The van der Waals surface area contributed by atoms with Crippen molar-refractivity contribution in [3.63, 3.8) is 0 Å². The monoisotopic (exact) mass is 384 g/mol. The number of nitrogens with one attached hydrogen (secondary N) is 2. The second kappa shape index (κ2) is 8.39. The summed E-state index contributed by atoms with van der Waals surface area (Å²) in [7, 11) is 1.71. The normalized spacial score (nSPS) is 16.1. The molecule has 0 aromatic heterocycles. The number of piperazine rings is 1. The van der Waals surface area contributed by atoms with Gasteiger partial charge >= 0.3 is 0 Å². The Labute approximate surface area is 164 Å². The molecule has 0 bridgehead atoms. The summed E-state index contributed by atoms with van der Waals surface area (Å²) in [6.45, 7) is 5.00. The van der Waals surface area contributed by atoms with Gasteiger partial charge in [0.2, 0.25) is 12.7 Å². The molecular weight excluding hydrogens is 358 g/mol. The number of rotatable bonds is 6. The van der Waals surface area contributed by atoms with Crippen LogP contribution in [-0.4, -0.2) is 52.5 Å². The molecule has 148 valence electrons. The van der Waals surface area contributed by atoms with Gasteiger partial charge in [-0.25, -0.2) is 0 Å². The Hall–Kier alpha value is -2.93. The summed E-state index contributed by atoms with van der Waals surface area (Å²) < 4.78 is 16.1. The molecule has 0 atom stereocenters. The molecule has 28 heavy (non-hydrogen) atoms. The van der Waals surface area contributed by atoms with E-state index in [0.717, 1.165) is 55.6 Å². The van der Waals surface area contributed by atoms with Crippen LogP contribution in [0.2, 0.25) is 0 Å². The first kappa shape index (κ1) is 18.4. The number of anilines is 2. The SMILES string of the molecule is COc1ccccc1N1CC[NH+](CCC(=O)Nc2ccc3c(c2)OCO3)CC1. The van der Waals surface area contributed by atoms with Crippen LogP contribution in [0.15, 0.2) is 42.5 Å². The molecule has 7 nitrogen and oxygen atoms in total. The van der Waals surface area contributed by atoms with Crippen molar-refractivity contribution in [2.45, 2.75) is 6.42 Å². The molecule has 2 aromatic carbocycles. The number of para-hydroxylation sites is 2. The fraction of sp³-hybridized carbons (Fsp3) is 0.381. The van der Waals surface area contributed by atoms with Gasteiger partial charge in [0, 0.05) is 11.8 Å². The van der Waals surface area contributed by atoms with E-state index in [1.54, 1.807) is 13.2 Å². The van der Waals surface area contributed by atoms with Crippen molar-refractivity contribution >= 4 is 17.3 Å². The smallest absolute Gasteiger partial charge is 0.231 e. The fourth-order valence-electron chi connectivity index (χ4n) is 3.69. The zero-order valence-corrected chi connectivity index (χ0v) is 16.1. The van der Waals surface area contributed by atoms with Crippen LogP contribution in [0.5, 0.6) is 17.2 Å². The average molecular weight is 384 g/mol. The van der Waals surface area contributed by atoms with Crippen molar-refractivity contribution in [2.75, 3.05) is 56.8 Å². The number of ether oxygens (including phenoxy) is 3. The third-order valence-electron chi connectivity index (χ3n) is 5.26. The predicted molar refractivity (Wildman–Crippen MR) is 107 cm³/mol. The maximum atomic E-state index is 12.3. The lowest BCUT2D eigenvalue weighted by molar-refractivity contribution is -0.900. The molecule has 7 heteroatoms. The topological polar surface area (TPSA) is 64.5 Å². The Bertz CT molecular complexity index is 834. The van der Waals surface area contributed by atoms with E-state index < -0.39 is 0 Å². The standard InChI is InChI=1S/C21H25N3O4/c1-26-18-5-3-2-4-17(18)24-12-10-23(11-13-24)9-8-21(25)22-16-6-7-19-20(14-16)28-15-27-19/h2-7,14H,8-13,15H2,1H3,(H,22,25)/p+1. The van der Waals surface area contributed by atoms with Crippen LogP contribution in [0, 0.1) is 0 Å². The van der Waals surface area contributed by atoms with E-state index in [2.05, 4.69) is 16.3 Å². The number of quaternary nitrogens is 1. The first-order valence-electron chi connectivity index (χ1n) is 9.64. The second-order valence-corrected chi connectivity index (χ2v) is 7.03. The van der Waals surface area contributed by atoms with Gasteiger partial charge in [-0.15, -0.1) is 0 Å². The minimum Gasteiger partial charge on any atom is -0.495 e. The number of carbonyl (C=O) groups is 1. The second-order valence-electron chi connectivity index (χ2n) is 7.03. The molecule has 0 spiro atoms. The van der Waals surface area contributed by atoms with Crippen molar-refractivity contribution in [1.82, 2.24) is 0 Å². The van der Waals surface area contributed by atoms with Crippen molar-refractivity contribution in [3.8, 4) is 17.2 Å². The van der Waals surface area contributed by atoms with Gasteiger partial charge in [-0.1, -0.05) is 12.1 Å². The highest BCUT2D eigenvalue weighted by Gasteiger charge is 2.22. The Morgan fingerprint density at radius 3 is 2.75 bits per heavy atom. The molecule has 2 aliphatic heterocycles. The third-order valence-corrected chi connectivity index (χ3v) is 5.26. The lowest BCUT2D eigenvalue weighted by Crippen LogP contribution is -3.15. The minimum atomic E-state index is 0.0264. The van der Waals surface area contributed by atoms with Gasteiger partial charge in [0.1, 0.15) is 5.75 Å². The van der Waals surface area contributed by atoms with Crippen molar-refractivity contribution < 1.29 is 23.9 Å². The highest BCUT2D eigenvalue weighted by Crippen LogP contribution is 2.34. The highest BCUT2D eigenvalue weighted by atomic mass is 16.7. The van der Waals surface area contributed by atoms with Gasteiger partial charge < -0.3 is 29.3 Å². The minimum absolute atomic E-state index is 0.0264. The van der Waals surface area contributed by atoms with E-state index >= 15 is 0 Å². The summed E-state index contributed by atoms with van der Waals surface area (Å²) in [4.78, 5) is 16.1. The Kier molecular flexibility index (Phi) is 5.53. The van der Waals surface area contributed by atoms with Crippen LogP contribution in [0.4, 0.5) is 11.4 Å². The van der Waals surface area contributed by atoms with E-state index in [1.165, 1.54) is 4.90 Å². The molecule has 0 radical (unpaired) electrons. The molecule has 0 saturated carbocycles. The summed E-state index contributed by atoms with van der Waals surface area (Å²) in [6.07, 6.45) is 0.498. The number of hydrogen-bond donors (Lipinski definition) is 2. The number of benzene rings is 2. The third kappa shape index (κ3) is 4.14. The molecule has 2 N–H and O–H groups in total. The predicted octanol–water partition coefficient (Wildman–Crippen LogP) is 1.16. The Morgan fingerprint density at radius 2 is 1.93 bits per heavy atom. The maximum absolute atomic E-state index is 12.3. The zero-order chi connectivity index (χ0) is 19.3. The lowest BCUT2D eigenvalue weighted by atomic mass is 10.2. The van der Waals surface area contributed by atoms with Crippen LogP contribution < -0.4 is 29.3 Å². The van der Waals surface area contributed by atoms with Crippen molar-refractivity contribution in [3.05, 3.63) is 42.5 Å². The summed E-state index contributed by atoms with van der Waals surface area (Å²) in [6, 6.07) is 13.6. The quantitative estimate of drug-likeness (QED) is 0.783. The van der Waals surface area contributed by atoms with Crippen LogP contribution in [0.1, 0.15) is 6.42 Å². The highest BCUT2D eigenvalue weighted by molar-refractivity contribution is 5.91. The van der Waals surface area contributed by atoms with Gasteiger partial charge in [0.15, 0.2) is 11.5 Å². The number of carbonyl (C=O) groups excluding carboxylic acids is 1. The zero-order valence-electron chi connectivity index (χ0n) is 16.1. The van der Waals surface area contributed by atoms with Crippen LogP contribution in [0.3, 0.4) is 0 Å². The molecule has 0 unspecified atom stereocenters. The fourth-order valence-corrected chi connectivity index (χ4v) is 3.69. The van der Waals surface area contributed by atoms with E-state index in [9.17, 15) is 4.79 Å². The van der Waals surface area contributed by atoms with E-state index in [-0.39, 0.29) is 12.7 Å². The molecule has 1 fully saturated rings. The number of fused-ring (bicyclic) bond motifs is 1. The van der Waals surface area contributed by atoms with Gasteiger partial charge in [-0.3, -0.25) is 4.79 Å². The van der Waals surface area contributed by atoms with Gasteiger partial charge in [0.05, 0.1) is 51.9 Å². The molecule has 2 aliphatic rings. The molecule has 1 amide bonds. The summed E-state index contributed by atoms with van der Waals surface area (Å²) in [5.41, 5.74) is 1.88. The van der Waals surface area contributed by atoms with E-state index in [1.807, 2.05) is 30.3 Å². The van der Waals surface area contributed by atoms with E-state index in [4.69, 9.17) is 14.2 Å². The molecule has 2 heterocycles. The number of amides is 1. The maximum Gasteiger partial charge on any atom is 0.231 e. The van der Waals surface area contributed by atoms with Crippen molar-refractivity contribution in [1.29, 1.82) is 0 Å². The number of methoxy groups -OCH3 is 1. The Morgan fingerprint density at radius 1 is 1.14 bits per heavy atom. The largest absolute Gasteiger partial charge is 0.495 e.